The number of rotatable bonds is 3. The summed E-state index contributed by atoms with van der Waals surface area (Å²) in [7, 11) is 0. The van der Waals surface area contributed by atoms with E-state index in [9.17, 15) is 4.79 Å². The van der Waals surface area contributed by atoms with Crippen LogP contribution in [-0.2, 0) is 0 Å². The first-order chi connectivity index (χ1) is 14.5. The van der Waals surface area contributed by atoms with Crippen molar-refractivity contribution in [3.8, 4) is 11.3 Å². The summed E-state index contributed by atoms with van der Waals surface area (Å²) < 4.78 is 0. The topological polar surface area (TPSA) is 61.4 Å². The smallest absolute Gasteiger partial charge is 0.321 e. The number of hydrogen-bond acceptors (Lipinski definition) is 4. The summed E-state index contributed by atoms with van der Waals surface area (Å²) in [6.45, 7) is 6.85. The normalized spacial score (nSPS) is 14.0. The number of aromatic nitrogens is 2. The Hall–Kier alpha value is -3.12. The Labute approximate surface area is 181 Å². The van der Waals surface area contributed by atoms with Crippen molar-refractivity contribution in [1.29, 1.82) is 0 Å². The van der Waals surface area contributed by atoms with Crippen LogP contribution < -0.4 is 10.2 Å². The van der Waals surface area contributed by atoms with Gasteiger partial charge in [-0.05, 0) is 61.4 Å². The number of hydrogen-bond donors (Lipinski definition) is 1. The largest absolute Gasteiger partial charge is 0.352 e. The van der Waals surface area contributed by atoms with E-state index in [-0.39, 0.29) is 6.03 Å². The number of amides is 2. The molecule has 4 rings (SSSR count). The molecule has 2 aromatic carbocycles. The third-order valence-electron chi connectivity index (χ3n) is 5.42. The predicted molar refractivity (Wildman–Crippen MR) is 121 cm³/mol. The van der Waals surface area contributed by atoms with E-state index >= 15 is 0 Å². The molecule has 0 atom stereocenters. The molecule has 1 aromatic heterocycles. The van der Waals surface area contributed by atoms with Gasteiger partial charge in [-0.1, -0.05) is 29.8 Å². The third kappa shape index (κ3) is 4.54. The second-order valence-corrected chi connectivity index (χ2v) is 7.93. The Balaban J connectivity index is 1.35. The zero-order chi connectivity index (χ0) is 21.1. The van der Waals surface area contributed by atoms with Crippen molar-refractivity contribution in [2.45, 2.75) is 13.8 Å². The number of halogens is 1. The first kappa shape index (κ1) is 20.2. The number of nitrogens with one attached hydrogen (secondary N) is 1. The molecule has 0 spiro atoms. The lowest BCUT2D eigenvalue weighted by Crippen LogP contribution is -2.50. The molecular formula is C23H24ClN5O. The minimum atomic E-state index is -0.118. The lowest BCUT2D eigenvalue weighted by molar-refractivity contribution is 0.208. The minimum absolute atomic E-state index is 0.118. The molecule has 0 saturated carbocycles. The van der Waals surface area contributed by atoms with Gasteiger partial charge in [-0.3, -0.25) is 0 Å². The predicted octanol–water partition coefficient (Wildman–Crippen LogP) is 4.77. The Kier molecular flexibility index (Phi) is 5.86. The van der Waals surface area contributed by atoms with Gasteiger partial charge in [0, 0.05) is 42.5 Å². The van der Waals surface area contributed by atoms with Crippen molar-refractivity contribution in [3.63, 3.8) is 0 Å². The number of piperazine rings is 1. The summed E-state index contributed by atoms with van der Waals surface area (Å²) in [5.41, 5.74) is 5.13. The van der Waals surface area contributed by atoms with Crippen LogP contribution in [0.5, 0.6) is 0 Å². The van der Waals surface area contributed by atoms with Crippen LogP contribution in [0.2, 0.25) is 5.02 Å². The molecule has 6 nitrogen and oxygen atoms in total. The number of carbonyl (C=O) groups excluding carboxylic acids is 1. The van der Waals surface area contributed by atoms with Crippen molar-refractivity contribution < 1.29 is 4.79 Å². The SMILES string of the molecule is Cc1ccc(-c2ccc(N3CCN(C(=O)Nc4cccc(Cl)c4)CC3)nn2)cc1C. The number of aryl methyl sites for hydroxylation is 2. The van der Waals surface area contributed by atoms with Crippen LogP contribution in [-0.4, -0.2) is 47.3 Å². The summed E-state index contributed by atoms with van der Waals surface area (Å²) >= 11 is 5.98. The third-order valence-corrected chi connectivity index (χ3v) is 5.66. The fourth-order valence-corrected chi connectivity index (χ4v) is 3.65. The van der Waals surface area contributed by atoms with E-state index in [0.717, 1.165) is 17.1 Å². The molecule has 30 heavy (non-hydrogen) atoms. The quantitative estimate of drug-likeness (QED) is 0.661. The van der Waals surface area contributed by atoms with Gasteiger partial charge in [-0.2, -0.15) is 0 Å². The number of nitrogens with zero attached hydrogens (tertiary/aromatic N) is 4. The molecule has 0 bridgehead atoms. The number of urea groups is 1. The van der Waals surface area contributed by atoms with Gasteiger partial charge in [0.2, 0.25) is 0 Å². The average molecular weight is 422 g/mol. The molecule has 1 N–H and O–H groups in total. The summed E-state index contributed by atoms with van der Waals surface area (Å²) in [5.74, 6) is 0.831. The van der Waals surface area contributed by atoms with Crippen molar-refractivity contribution in [1.82, 2.24) is 15.1 Å². The van der Waals surface area contributed by atoms with Crippen LogP contribution in [0, 0.1) is 13.8 Å². The monoisotopic (exact) mass is 421 g/mol. The Morgan fingerprint density at radius 2 is 1.73 bits per heavy atom. The second-order valence-electron chi connectivity index (χ2n) is 7.49. The summed E-state index contributed by atoms with van der Waals surface area (Å²) in [6.07, 6.45) is 0. The molecule has 0 radical (unpaired) electrons. The van der Waals surface area contributed by atoms with Crippen LogP contribution in [0.3, 0.4) is 0 Å². The summed E-state index contributed by atoms with van der Waals surface area (Å²) in [5, 5.41) is 12.3. The molecule has 7 heteroatoms. The first-order valence-corrected chi connectivity index (χ1v) is 10.4. The van der Waals surface area contributed by atoms with Crippen molar-refractivity contribution in [2.24, 2.45) is 0 Å². The second kappa shape index (κ2) is 8.71. The molecular weight excluding hydrogens is 398 g/mol. The Morgan fingerprint density at radius 3 is 2.40 bits per heavy atom. The van der Waals surface area contributed by atoms with Crippen LogP contribution >= 0.6 is 11.6 Å². The van der Waals surface area contributed by atoms with Gasteiger partial charge in [0.15, 0.2) is 5.82 Å². The highest BCUT2D eigenvalue weighted by Crippen LogP contribution is 2.22. The number of benzene rings is 2. The highest BCUT2D eigenvalue weighted by Gasteiger charge is 2.22. The van der Waals surface area contributed by atoms with Crippen LogP contribution in [0.4, 0.5) is 16.3 Å². The van der Waals surface area contributed by atoms with E-state index in [1.54, 1.807) is 17.0 Å². The molecule has 1 fully saturated rings. The van der Waals surface area contributed by atoms with E-state index < -0.39 is 0 Å². The maximum Gasteiger partial charge on any atom is 0.321 e. The molecule has 154 valence electrons. The molecule has 1 aliphatic rings. The van der Waals surface area contributed by atoms with Gasteiger partial charge in [-0.25, -0.2) is 4.79 Å². The highest BCUT2D eigenvalue weighted by atomic mass is 35.5. The molecule has 2 heterocycles. The molecule has 1 aliphatic heterocycles. The van der Waals surface area contributed by atoms with Gasteiger partial charge in [0.1, 0.15) is 0 Å². The van der Waals surface area contributed by atoms with Gasteiger partial charge >= 0.3 is 6.03 Å². The summed E-state index contributed by atoms with van der Waals surface area (Å²) in [6, 6.07) is 17.4. The van der Waals surface area contributed by atoms with Crippen LogP contribution in [0.25, 0.3) is 11.3 Å². The van der Waals surface area contributed by atoms with E-state index in [1.165, 1.54) is 11.1 Å². The van der Waals surface area contributed by atoms with E-state index in [1.807, 2.05) is 24.3 Å². The molecule has 0 unspecified atom stereocenters. The van der Waals surface area contributed by atoms with Gasteiger partial charge < -0.3 is 15.1 Å². The number of anilines is 2. The number of carbonyl (C=O) groups is 1. The first-order valence-electron chi connectivity index (χ1n) is 9.97. The average Bonchev–Trinajstić information content (AvgIpc) is 2.76. The lowest BCUT2D eigenvalue weighted by atomic mass is 10.0. The van der Waals surface area contributed by atoms with Crippen molar-refractivity contribution in [3.05, 3.63) is 70.7 Å². The van der Waals surface area contributed by atoms with Crippen molar-refractivity contribution in [2.75, 3.05) is 36.4 Å². The van der Waals surface area contributed by atoms with E-state index in [2.05, 4.69) is 52.5 Å². The fourth-order valence-electron chi connectivity index (χ4n) is 3.46. The molecule has 3 aromatic rings. The summed E-state index contributed by atoms with van der Waals surface area (Å²) in [4.78, 5) is 16.5. The zero-order valence-electron chi connectivity index (χ0n) is 17.1. The van der Waals surface area contributed by atoms with Gasteiger partial charge in [0.25, 0.3) is 0 Å². The van der Waals surface area contributed by atoms with Crippen LogP contribution in [0.15, 0.2) is 54.6 Å². The Bertz CT molecular complexity index is 1050. The fraction of sp³-hybridized carbons (Fsp3) is 0.261. The van der Waals surface area contributed by atoms with Gasteiger partial charge in [0.05, 0.1) is 5.69 Å². The standard InChI is InChI=1S/C23H24ClN5O/c1-16-6-7-18(14-17(16)2)21-8-9-22(27-26-21)28-10-12-29(13-11-28)23(30)25-20-5-3-4-19(24)15-20/h3-9,14-15H,10-13H2,1-2H3,(H,25,30). The molecule has 0 aliphatic carbocycles. The zero-order valence-corrected chi connectivity index (χ0v) is 17.9. The van der Waals surface area contributed by atoms with Crippen LogP contribution in [0.1, 0.15) is 11.1 Å². The van der Waals surface area contributed by atoms with E-state index in [0.29, 0.717) is 36.9 Å². The lowest BCUT2D eigenvalue weighted by Gasteiger charge is -2.35. The maximum atomic E-state index is 12.5. The molecule has 1 saturated heterocycles. The molecule has 2 amide bonds. The van der Waals surface area contributed by atoms with Crippen molar-refractivity contribution >= 4 is 29.1 Å². The minimum Gasteiger partial charge on any atom is -0.352 e. The van der Waals surface area contributed by atoms with E-state index in [4.69, 9.17) is 11.6 Å². The Morgan fingerprint density at radius 1 is 0.933 bits per heavy atom. The van der Waals surface area contributed by atoms with Gasteiger partial charge in [-0.15, -0.1) is 10.2 Å². The maximum absolute atomic E-state index is 12.5. The highest BCUT2D eigenvalue weighted by molar-refractivity contribution is 6.30.